The molecule has 0 saturated heterocycles. The average Bonchev–Trinajstić information content (AvgIpc) is 2.12. The summed E-state index contributed by atoms with van der Waals surface area (Å²) in [6, 6.07) is 6.01. The molecular formula is C9H10IN3. The van der Waals surface area contributed by atoms with E-state index >= 15 is 0 Å². The Morgan fingerprint density at radius 1 is 1.62 bits per heavy atom. The number of nitrogens with one attached hydrogen (secondary N) is 1. The molecule has 13 heavy (non-hydrogen) atoms. The first kappa shape index (κ1) is 10.3. The number of aryl methyl sites for hydroxylation is 1. The van der Waals surface area contributed by atoms with Crippen LogP contribution in [0.3, 0.4) is 0 Å². The van der Waals surface area contributed by atoms with Crippen molar-refractivity contribution in [2.45, 2.75) is 13.3 Å². The van der Waals surface area contributed by atoms with Gasteiger partial charge in [-0.3, -0.25) is 0 Å². The van der Waals surface area contributed by atoms with Gasteiger partial charge in [-0.2, -0.15) is 5.26 Å². The molecule has 4 heteroatoms. The first-order chi connectivity index (χ1) is 6.24. The number of hydrogen-bond donors (Lipinski definition) is 1. The van der Waals surface area contributed by atoms with Crippen molar-refractivity contribution in [3.8, 4) is 6.07 Å². The average molecular weight is 287 g/mol. The van der Waals surface area contributed by atoms with E-state index < -0.39 is 0 Å². The molecule has 0 aromatic carbocycles. The van der Waals surface area contributed by atoms with E-state index in [2.05, 4.69) is 39.0 Å². The maximum absolute atomic E-state index is 8.33. The summed E-state index contributed by atoms with van der Waals surface area (Å²) in [6.07, 6.45) is 0.507. The van der Waals surface area contributed by atoms with E-state index in [4.69, 9.17) is 5.26 Å². The molecule has 0 saturated carbocycles. The van der Waals surface area contributed by atoms with Crippen molar-refractivity contribution in [2.24, 2.45) is 0 Å². The van der Waals surface area contributed by atoms with Crippen molar-refractivity contribution in [1.82, 2.24) is 4.98 Å². The van der Waals surface area contributed by atoms with Crippen LogP contribution >= 0.6 is 22.6 Å². The summed E-state index contributed by atoms with van der Waals surface area (Å²) >= 11 is 2.24. The summed E-state index contributed by atoms with van der Waals surface area (Å²) in [5.74, 6) is 0.841. The molecule has 0 aliphatic carbocycles. The van der Waals surface area contributed by atoms with Crippen LogP contribution in [0, 0.1) is 21.8 Å². The molecule has 0 aliphatic heterocycles. The van der Waals surface area contributed by atoms with E-state index in [0.29, 0.717) is 13.0 Å². The number of anilines is 1. The normalized spacial score (nSPS) is 9.31. The highest BCUT2D eigenvalue weighted by molar-refractivity contribution is 14.1. The fourth-order valence-electron chi connectivity index (χ4n) is 0.889. The van der Waals surface area contributed by atoms with Crippen LogP contribution in [0.15, 0.2) is 12.1 Å². The number of rotatable bonds is 3. The summed E-state index contributed by atoms with van der Waals surface area (Å²) < 4.78 is 1.16. The number of nitriles is 1. The zero-order valence-electron chi connectivity index (χ0n) is 7.34. The molecule has 0 unspecified atom stereocenters. The Bertz CT molecular complexity index is 330. The van der Waals surface area contributed by atoms with Crippen molar-refractivity contribution >= 4 is 28.4 Å². The van der Waals surface area contributed by atoms with Crippen LogP contribution in [-0.2, 0) is 0 Å². The Hall–Kier alpha value is -0.830. The predicted molar refractivity (Wildman–Crippen MR) is 60.4 cm³/mol. The first-order valence-corrected chi connectivity index (χ1v) is 5.06. The van der Waals surface area contributed by atoms with Crippen molar-refractivity contribution in [1.29, 1.82) is 5.26 Å². The maximum Gasteiger partial charge on any atom is 0.126 e. The fraction of sp³-hybridized carbons (Fsp3) is 0.333. The standard InChI is InChI=1S/C9H10IN3/c1-7-8(10)3-4-9(13-7)12-6-2-5-11/h3-4H,2,6H2,1H3,(H,12,13). The lowest BCUT2D eigenvalue weighted by Gasteiger charge is -2.04. The van der Waals surface area contributed by atoms with Crippen molar-refractivity contribution in [3.63, 3.8) is 0 Å². The van der Waals surface area contributed by atoms with E-state index in [9.17, 15) is 0 Å². The van der Waals surface area contributed by atoms with Gasteiger partial charge >= 0.3 is 0 Å². The minimum atomic E-state index is 0.507. The van der Waals surface area contributed by atoms with Crippen LogP contribution in [0.1, 0.15) is 12.1 Å². The summed E-state index contributed by atoms with van der Waals surface area (Å²) in [6.45, 7) is 2.63. The Morgan fingerprint density at radius 3 is 3.00 bits per heavy atom. The van der Waals surface area contributed by atoms with E-state index in [1.165, 1.54) is 0 Å². The second kappa shape index (κ2) is 5.02. The Labute approximate surface area is 91.3 Å². The van der Waals surface area contributed by atoms with Crippen LogP contribution in [0.5, 0.6) is 0 Å². The zero-order chi connectivity index (χ0) is 9.68. The molecule has 1 aromatic rings. The third-order valence-electron chi connectivity index (χ3n) is 1.56. The fourth-order valence-corrected chi connectivity index (χ4v) is 1.19. The third-order valence-corrected chi connectivity index (χ3v) is 2.70. The van der Waals surface area contributed by atoms with Gasteiger partial charge in [0.25, 0.3) is 0 Å². The highest BCUT2D eigenvalue weighted by Gasteiger charge is 1.97. The van der Waals surface area contributed by atoms with E-state index in [-0.39, 0.29) is 0 Å². The van der Waals surface area contributed by atoms with Gasteiger partial charge in [0.05, 0.1) is 18.2 Å². The summed E-state index contributed by atoms with van der Waals surface area (Å²) in [5.41, 5.74) is 1.02. The maximum atomic E-state index is 8.33. The Kier molecular flexibility index (Phi) is 3.96. The molecule has 0 aliphatic rings. The molecule has 1 rings (SSSR count). The van der Waals surface area contributed by atoms with E-state index in [1.807, 2.05) is 19.1 Å². The minimum absolute atomic E-state index is 0.507. The van der Waals surface area contributed by atoms with Crippen LogP contribution in [0.2, 0.25) is 0 Å². The lowest BCUT2D eigenvalue weighted by atomic mass is 10.3. The monoisotopic (exact) mass is 287 g/mol. The SMILES string of the molecule is Cc1nc(NCCC#N)ccc1I. The number of pyridine rings is 1. The molecule has 1 heterocycles. The van der Waals surface area contributed by atoms with Gasteiger partial charge in [0.2, 0.25) is 0 Å². The molecule has 0 spiro atoms. The van der Waals surface area contributed by atoms with Crippen molar-refractivity contribution < 1.29 is 0 Å². The molecular weight excluding hydrogens is 277 g/mol. The highest BCUT2D eigenvalue weighted by atomic mass is 127. The molecule has 0 amide bonds. The van der Waals surface area contributed by atoms with Crippen LogP contribution < -0.4 is 5.32 Å². The lowest BCUT2D eigenvalue weighted by Crippen LogP contribution is -2.03. The quantitative estimate of drug-likeness (QED) is 0.685. The van der Waals surface area contributed by atoms with Gasteiger partial charge in [0.15, 0.2) is 0 Å². The number of aromatic nitrogens is 1. The summed E-state index contributed by atoms with van der Waals surface area (Å²) in [5, 5.41) is 11.4. The largest absolute Gasteiger partial charge is 0.369 e. The van der Waals surface area contributed by atoms with Gasteiger partial charge in [-0.1, -0.05) is 0 Å². The molecule has 1 N–H and O–H groups in total. The molecule has 0 atom stereocenters. The summed E-state index contributed by atoms with van der Waals surface area (Å²) in [7, 11) is 0. The molecule has 1 aromatic heterocycles. The summed E-state index contributed by atoms with van der Waals surface area (Å²) in [4.78, 5) is 4.32. The second-order valence-electron chi connectivity index (χ2n) is 2.60. The van der Waals surface area contributed by atoms with E-state index in [1.54, 1.807) is 0 Å². The van der Waals surface area contributed by atoms with Crippen LogP contribution in [-0.4, -0.2) is 11.5 Å². The lowest BCUT2D eigenvalue weighted by molar-refractivity contribution is 1.04. The third kappa shape index (κ3) is 3.19. The highest BCUT2D eigenvalue weighted by Crippen LogP contribution is 2.12. The van der Waals surface area contributed by atoms with Gasteiger partial charge in [-0.05, 0) is 41.6 Å². The second-order valence-corrected chi connectivity index (χ2v) is 3.76. The molecule has 0 radical (unpaired) electrons. The Morgan fingerprint density at radius 2 is 2.38 bits per heavy atom. The molecule has 0 bridgehead atoms. The van der Waals surface area contributed by atoms with Crippen molar-refractivity contribution in [3.05, 3.63) is 21.4 Å². The van der Waals surface area contributed by atoms with Gasteiger partial charge in [0, 0.05) is 10.1 Å². The van der Waals surface area contributed by atoms with E-state index in [0.717, 1.165) is 15.1 Å². The smallest absolute Gasteiger partial charge is 0.126 e. The van der Waals surface area contributed by atoms with Gasteiger partial charge < -0.3 is 5.32 Å². The number of hydrogen-bond acceptors (Lipinski definition) is 3. The molecule has 68 valence electrons. The first-order valence-electron chi connectivity index (χ1n) is 3.98. The number of nitrogens with zero attached hydrogens (tertiary/aromatic N) is 2. The zero-order valence-corrected chi connectivity index (χ0v) is 9.50. The predicted octanol–water partition coefficient (Wildman–Crippen LogP) is 2.32. The van der Waals surface area contributed by atoms with Gasteiger partial charge in [-0.15, -0.1) is 0 Å². The number of halogens is 1. The van der Waals surface area contributed by atoms with Crippen molar-refractivity contribution in [2.75, 3.05) is 11.9 Å². The van der Waals surface area contributed by atoms with Gasteiger partial charge in [0.1, 0.15) is 5.82 Å². The molecule has 3 nitrogen and oxygen atoms in total. The van der Waals surface area contributed by atoms with Crippen LogP contribution in [0.25, 0.3) is 0 Å². The van der Waals surface area contributed by atoms with Gasteiger partial charge in [-0.25, -0.2) is 4.98 Å². The topological polar surface area (TPSA) is 48.7 Å². The Balaban J connectivity index is 2.59. The minimum Gasteiger partial charge on any atom is -0.369 e. The molecule has 0 fully saturated rings. The van der Waals surface area contributed by atoms with Crippen LogP contribution in [0.4, 0.5) is 5.82 Å².